The number of rotatable bonds is 4. The molecule has 0 amide bonds. The van der Waals surface area contributed by atoms with E-state index in [2.05, 4.69) is 5.10 Å². The lowest BCUT2D eigenvalue weighted by atomic mass is 10.3. The molecule has 114 valence electrons. The smallest absolute Gasteiger partial charge is 0.248 e. The average Bonchev–Trinajstić information content (AvgIpc) is 2.91. The summed E-state index contributed by atoms with van der Waals surface area (Å²) in [4.78, 5) is -0.0776. The predicted octanol–water partition coefficient (Wildman–Crippen LogP) is -0.707. The lowest BCUT2D eigenvalue weighted by Crippen LogP contribution is -2.37. The number of nitrogens with zero attached hydrogens (tertiary/aromatic N) is 3. The maximum Gasteiger partial charge on any atom is 0.248 e. The van der Waals surface area contributed by atoms with Crippen LogP contribution >= 0.6 is 0 Å². The Morgan fingerprint density at radius 2 is 2.20 bits per heavy atom. The molecule has 1 aromatic heterocycles. The van der Waals surface area contributed by atoms with Crippen LogP contribution in [0.5, 0.6) is 0 Å². The van der Waals surface area contributed by atoms with Crippen molar-refractivity contribution in [1.82, 2.24) is 14.1 Å². The number of hydrogen-bond donors (Lipinski definition) is 1. The highest BCUT2D eigenvalue weighted by atomic mass is 32.2. The summed E-state index contributed by atoms with van der Waals surface area (Å²) in [5.74, 6) is -0.203. The summed E-state index contributed by atoms with van der Waals surface area (Å²) >= 11 is 0. The van der Waals surface area contributed by atoms with Gasteiger partial charge in [-0.25, -0.2) is 16.8 Å². The second kappa shape index (κ2) is 5.01. The van der Waals surface area contributed by atoms with Gasteiger partial charge in [0.05, 0.1) is 11.5 Å². The number of nitrogens with two attached hydrogens (primary N) is 1. The molecule has 0 unspecified atom stereocenters. The molecule has 2 rings (SSSR count). The van der Waals surface area contributed by atoms with Gasteiger partial charge in [0.25, 0.3) is 0 Å². The maximum atomic E-state index is 12.5. The highest BCUT2D eigenvalue weighted by Gasteiger charge is 2.37. The molecular weight excluding hydrogens is 304 g/mol. The van der Waals surface area contributed by atoms with Crippen LogP contribution in [0.1, 0.15) is 13.3 Å². The summed E-state index contributed by atoms with van der Waals surface area (Å²) in [5.41, 5.74) is 5.64. The van der Waals surface area contributed by atoms with Crippen molar-refractivity contribution in [2.24, 2.45) is 0 Å². The first-order valence-electron chi connectivity index (χ1n) is 6.19. The van der Waals surface area contributed by atoms with Crippen LogP contribution in [0.25, 0.3) is 0 Å². The first-order valence-corrected chi connectivity index (χ1v) is 9.45. The third-order valence-electron chi connectivity index (χ3n) is 3.46. The number of nitrogen functional groups attached to an aromatic ring is 1. The van der Waals surface area contributed by atoms with E-state index in [-0.39, 0.29) is 22.2 Å². The molecule has 1 aliphatic heterocycles. The summed E-state index contributed by atoms with van der Waals surface area (Å²) in [7, 11) is -5.60. The van der Waals surface area contributed by atoms with Gasteiger partial charge in [0.1, 0.15) is 4.90 Å². The highest BCUT2D eigenvalue weighted by molar-refractivity contribution is 7.92. The normalized spacial score (nSPS) is 22.4. The van der Waals surface area contributed by atoms with Crippen molar-refractivity contribution in [2.45, 2.75) is 30.8 Å². The Kier molecular flexibility index (Phi) is 3.82. The molecule has 1 atom stereocenters. The number of sulfonamides is 1. The summed E-state index contributed by atoms with van der Waals surface area (Å²) < 4.78 is 50.4. The number of aryl methyl sites for hydroxylation is 1. The number of aromatic nitrogens is 2. The molecule has 0 spiro atoms. The summed E-state index contributed by atoms with van der Waals surface area (Å²) in [6, 6.07) is -0.547. The summed E-state index contributed by atoms with van der Waals surface area (Å²) in [6.07, 6.45) is 1.67. The molecule has 1 aromatic rings. The highest BCUT2D eigenvalue weighted by Crippen LogP contribution is 2.26. The van der Waals surface area contributed by atoms with E-state index in [0.717, 1.165) is 4.31 Å². The average molecular weight is 322 g/mol. The van der Waals surface area contributed by atoms with Crippen molar-refractivity contribution in [1.29, 1.82) is 0 Å². The van der Waals surface area contributed by atoms with Crippen LogP contribution in [-0.2, 0) is 26.4 Å². The molecule has 0 saturated carbocycles. The Bertz CT molecular complexity index is 708. The minimum Gasteiger partial charge on any atom is -0.381 e. The molecule has 1 aliphatic rings. The quantitative estimate of drug-likeness (QED) is 0.783. The van der Waals surface area contributed by atoms with Gasteiger partial charge in [-0.2, -0.15) is 9.40 Å². The van der Waals surface area contributed by atoms with Gasteiger partial charge in [0.2, 0.25) is 10.0 Å². The Morgan fingerprint density at radius 1 is 1.55 bits per heavy atom. The second-order valence-corrected chi connectivity index (χ2v) is 9.01. The molecule has 1 fully saturated rings. The first-order chi connectivity index (χ1) is 9.17. The molecule has 0 bridgehead atoms. The Hall–Kier alpha value is -1.13. The van der Waals surface area contributed by atoms with Crippen LogP contribution in [0.15, 0.2) is 11.1 Å². The van der Waals surface area contributed by atoms with E-state index in [0.29, 0.717) is 13.0 Å². The lowest BCUT2D eigenvalue weighted by molar-refractivity contribution is 0.394. The zero-order valence-corrected chi connectivity index (χ0v) is 13.0. The van der Waals surface area contributed by atoms with E-state index in [1.54, 1.807) is 0 Å². The monoisotopic (exact) mass is 322 g/mol. The van der Waals surface area contributed by atoms with E-state index < -0.39 is 25.9 Å². The first kappa shape index (κ1) is 15.3. The molecule has 0 aromatic carbocycles. The molecule has 0 radical (unpaired) electrons. The molecular formula is C10H18N4O4S2. The standard InChI is InChI=1S/C10H18N4O4S2/c1-3-14-6-9(10(11)12-14)20(17,18)13(2)8-4-5-19(15,16)7-8/h6,8H,3-5,7H2,1-2H3,(H2,11,12)/t8-/m1/s1. The fraction of sp³-hybridized carbons (Fsp3) is 0.700. The second-order valence-electron chi connectivity index (χ2n) is 4.81. The van der Waals surface area contributed by atoms with E-state index >= 15 is 0 Å². The molecule has 1 saturated heterocycles. The Balaban J connectivity index is 2.32. The maximum absolute atomic E-state index is 12.5. The van der Waals surface area contributed by atoms with Gasteiger partial charge in [-0.15, -0.1) is 0 Å². The summed E-state index contributed by atoms with van der Waals surface area (Å²) in [6.45, 7) is 2.32. The van der Waals surface area contributed by atoms with Crippen LogP contribution in [0, 0.1) is 0 Å². The van der Waals surface area contributed by atoms with E-state index in [1.807, 2.05) is 6.92 Å². The van der Waals surface area contributed by atoms with Crippen molar-refractivity contribution in [3.05, 3.63) is 6.20 Å². The largest absolute Gasteiger partial charge is 0.381 e. The molecule has 8 nitrogen and oxygen atoms in total. The van der Waals surface area contributed by atoms with Crippen molar-refractivity contribution >= 4 is 25.7 Å². The number of sulfone groups is 1. The van der Waals surface area contributed by atoms with E-state index in [1.165, 1.54) is 17.9 Å². The molecule has 2 N–H and O–H groups in total. The topological polar surface area (TPSA) is 115 Å². The van der Waals surface area contributed by atoms with Crippen LogP contribution in [-0.4, -0.2) is 55.5 Å². The van der Waals surface area contributed by atoms with Gasteiger partial charge in [0, 0.05) is 25.8 Å². The van der Waals surface area contributed by atoms with Crippen molar-refractivity contribution < 1.29 is 16.8 Å². The third-order valence-corrected chi connectivity index (χ3v) is 7.14. The number of anilines is 1. The Labute approximate surface area is 118 Å². The van der Waals surface area contributed by atoms with Crippen LogP contribution in [0.2, 0.25) is 0 Å². The lowest BCUT2D eigenvalue weighted by Gasteiger charge is -2.22. The van der Waals surface area contributed by atoms with Gasteiger partial charge < -0.3 is 5.73 Å². The molecule has 2 heterocycles. The fourth-order valence-corrected chi connectivity index (χ4v) is 5.50. The van der Waals surface area contributed by atoms with E-state index in [4.69, 9.17) is 5.73 Å². The van der Waals surface area contributed by atoms with Crippen LogP contribution in [0.4, 0.5) is 5.82 Å². The van der Waals surface area contributed by atoms with Gasteiger partial charge in [-0.3, -0.25) is 4.68 Å². The van der Waals surface area contributed by atoms with Gasteiger partial charge in [-0.05, 0) is 13.3 Å². The van der Waals surface area contributed by atoms with Crippen LogP contribution < -0.4 is 5.73 Å². The third kappa shape index (κ3) is 2.67. The van der Waals surface area contributed by atoms with Crippen molar-refractivity contribution in [3.63, 3.8) is 0 Å². The Morgan fingerprint density at radius 3 is 2.65 bits per heavy atom. The van der Waals surface area contributed by atoms with Crippen LogP contribution in [0.3, 0.4) is 0 Å². The zero-order valence-electron chi connectivity index (χ0n) is 11.4. The minimum absolute atomic E-state index is 0.0151. The SMILES string of the molecule is CCn1cc(S(=O)(=O)N(C)[C@@H]2CCS(=O)(=O)C2)c(N)n1. The predicted molar refractivity (Wildman–Crippen MR) is 74.3 cm³/mol. The van der Waals surface area contributed by atoms with Gasteiger partial charge >= 0.3 is 0 Å². The van der Waals surface area contributed by atoms with Gasteiger partial charge in [-0.1, -0.05) is 0 Å². The molecule has 0 aliphatic carbocycles. The van der Waals surface area contributed by atoms with E-state index in [9.17, 15) is 16.8 Å². The summed E-state index contributed by atoms with van der Waals surface area (Å²) in [5, 5.41) is 3.90. The molecule has 20 heavy (non-hydrogen) atoms. The zero-order chi connectivity index (χ0) is 15.1. The minimum atomic E-state index is -3.83. The van der Waals surface area contributed by atoms with Crippen molar-refractivity contribution in [3.8, 4) is 0 Å². The molecule has 10 heteroatoms. The van der Waals surface area contributed by atoms with Gasteiger partial charge in [0.15, 0.2) is 15.7 Å². The fourth-order valence-electron chi connectivity index (χ4n) is 2.19. The van der Waals surface area contributed by atoms with Crippen molar-refractivity contribution in [2.75, 3.05) is 24.3 Å². The number of hydrogen-bond acceptors (Lipinski definition) is 6.